The van der Waals surface area contributed by atoms with Crippen molar-refractivity contribution in [1.29, 1.82) is 0 Å². The minimum atomic E-state index is -0.0567. The molecule has 0 bridgehead atoms. The lowest BCUT2D eigenvalue weighted by molar-refractivity contribution is -0.120. The molecular formula is C14H23N3O3. The lowest BCUT2D eigenvalue weighted by atomic mass is 10.1. The number of pyridine rings is 1. The Morgan fingerprint density at radius 3 is 2.75 bits per heavy atom. The van der Waals surface area contributed by atoms with Gasteiger partial charge in [0, 0.05) is 37.5 Å². The highest BCUT2D eigenvalue weighted by atomic mass is 16.5. The van der Waals surface area contributed by atoms with Crippen LogP contribution < -0.4 is 15.4 Å². The number of nitrogens with zero attached hydrogens (tertiary/aromatic N) is 1. The number of hydrogen-bond acceptors (Lipinski definition) is 5. The minimum absolute atomic E-state index is 0.0567. The van der Waals surface area contributed by atoms with Crippen molar-refractivity contribution in [3.8, 4) is 5.75 Å². The molecule has 1 heterocycles. The van der Waals surface area contributed by atoms with Crippen LogP contribution in [0.2, 0.25) is 0 Å². The van der Waals surface area contributed by atoms with Crippen molar-refractivity contribution in [2.45, 2.75) is 20.4 Å². The van der Waals surface area contributed by atoms with Crippen molar-refractivity contribution in [2.24, 2.45) is 0 Å². The molecule has 112 valence electrons. The van der Waals surface area contributed by atoms with Crippen molar-refractivity contribution >= 4 is 5.91 Å². The summed E-state index contributed by atoms with van der Waals surface area (Å²) in [5.41, 5.74) is 2.89. The van der Waals surface area contributed by atoms with Crippen molar-refractivity contribution in [2.75, 3.05) is 33.9 Å². The van der Waals surface area contributed by atoms with Gasteiger partial charge in [0.2, 0.25) is 5.91 Å². The molecule has 1 aromatic heterocycles. The van der Waals surface area contributed by atoms with E-state index < -0.39 is 0 Å². The van der Waals surface area contributed by atoms with E-state index in [-0.39, 0.29) is 12.5 Å². The molecule has 1 aromatic rings. The second kappa shape index (κ2) is 8.50. The molecule has 0 fully saturated rings. The fourth-order valence-electron chi connectivity index (χ4n) is 1.90. The first-order valence-corrected chi connectivity index (χ1v) is 6.55. The zero-order chi connectivity index (χ0) is 15.0. The molecule has 0 aliphatic rings. The molecule has 2 N–H and O–H groups in total. The maximum atomic E-state index is 11.5. The second-order valence-electron chi connectivity index (χ2n) is 4.49. The Labute approximate surface area is 119 Å². The molecule has 0 spiro atoms. The predicted octanol–water partition coefficient (Wildman–Crippen LogP) is 0.559. The van der Waals surface area contributed by atoms with E-state index in [0.29, 0.717) is 19.7 Å². The van der Waals surface area contributed by atoms with E-state index in [4.69, 9.17) is 9.47 Å². The highest BCUT2D eigenvalue weighted by molar-refractivity contribution is 5.77. The largest absolute Gasteiger partial charge is 0.496 e. The van der Waals surface area contributed by atoms with Gasteiger partial charge in [-0.3, -0.25) is 9.78 Å². The zero-order valence-electron chi connectivity index (χ0n) is 12.6. The van der Waals surface area contributed by atoms with Gasteiger partial charge < -0.3 is 20.1 Å². The van der Waals surface area contributed by atoms with Gasteiger partial charge in [-0.15, -0.1) is 0 Å². The van der Waals surface area contributed by atoms with Crippen molar-refractivity contribution in [3.63, 3.8) is 0 Å². The first kappa shape index (κ1) is 16.4. The van der Waals surface area contributed by atoms with Crippen LogP contribution in [0.4, 0.5) is 0 Å². The molecular weight excluding hydrogens is 258 g/mol. The van der Waals surface area contributed by atoms with E-state index in [1.54, 1.807) is 20.4 Å². The summed E-state index contributed by atoms with van der Waals surface area (Å²) in [5.74, 6) is 0.792. The summed E-state index contributed by atoms with van der Waals surface area (Å²) in [6, 6.07) is 0. The number of rotatable bonds is 8. The predicted molar refractivity (Wildman–Crippen MR) is 76.9 cm³/mol. The van der Waals surface area contributed by atoms with Crippen LogP contribution in [0.3, 0.4) is 0 Å². The maximum absolute atomic E-state index is 11.5. The lowest BCUT2D eigenvalue weighted by Gasteiger charge is -2.12. The first-order chi connectivity index (χ1) is 9.60. The average Bonchev–Trinajstić information content (AvgIpc) is 2.42. The van der Waals surface area contributed by atoms with Gasteiger partial charge in [-0.2, -0.15) is 0 Å². The number of methoxy groups -OCH3 is 2. The third kappa shape index (κ3) is 4.79. The molecule has 0 aliphatic heterocycles. The van der Waals surface area contributed by atoms with Crippen molar-refractivity contribution < 1.29 is 14.3 Å². The van der Waals surface area contributed by atoms with Crippen molar-refractivity contribution in [3.05, 3.63) is 23.0 Å². The van der Waals surface area contributed by atoms with E-state index in [0.717, 1.165) is 22.6 Å². The topological polar surface area (TPSA) is 72.5 Å². The van der Waals surface area contributed by atoms with Crippen LogP contribution in [0.1, 0.15) is 16.8 Å². The molecule has 0 aromatic carbocycles. The zero-order valence-corrected chi connectivity index (χ0v) is 12.6. The number of nitrogens with one attached hydrogen (secondary N) is 2. The molecule has 1 amide bonds. The monoisotopic (exact) mass is 281 g/mol. The molecule has 0 aliphatic carbocycles. The number of ether oxygens (including phenoxy) is 2. The fraction of sp³-hybridized carbons (Fsp3) is 0.571. The molecule has 0 unspecified atom stereocenters. The number of aryl methyl sites for hydroxylation is 1. The van der Waals surface area contributed by atoms with Gasteiger partial charge >= 0.3 is 0 Å². The van der Waals surface area contributed by atoms with Gasteiger partial charge in [0.1, 0.15) is 5.75 Å². The number of aromatic nitrogens is 1. The lowest BCUT2D eigenvalue weighted by Crippen LogP contribution is -2.35. The van der Waals surface area contributed by atoms with Gasteiger partial charge in [-0.25, -0.2) is 0 Å². The van der Waals surface area contributed by atoms with E-state index in [9.17, 15) is 4.79 Å². The van der Waals surface area contributed by atoms with Crippen LogP contribution in [-0.4, -0.2) is 44.8 Å². The van der Waals surface area contributed by atoms with Crippen LogP contribution in [0.25, 0.3) is 0 Å². The Kier molecular flexibility index (Phi) is 6.97. The molecule has 0 saturated carbocycles. The van der Waals surface area contributed by atoms with E-state index in [2.05, 4.69) is 15.6 Å². The average molecular weight is 281 g/mol. The number of carbonyl (C=O) groups excluding carboxylic acids is 1. The number of carbonyl (C=O) groups is 1. The standard InChI is InChI=1S/C14H23N3O3/c1-10-7-17-12(11(2)14(10)20-4)8-15-9-13(18)16-5-6-19-3/h7,15H,5-6,8-9H2,1-4H3,(H,16,18). The quantitative estimate of drug-likeness (QED) is 0.681. The Balaban J connectivity index is 2.44. The summed E-state index contributed by atoms with van der Waals surface area (Å²) < 4.78 is 10.2. The molecule has 0 radical (unpaired) electrons. The van der Waals surface area contributed by atoms with Gasteiger partial charge in [-0.1, -0.05) is 0 Å². The Morgan fingerprint density at radius 2 is 2.10 bits per heavy atom. The summed E-state index contributed by atoms with van der Waals surface area (Å²) >= 11 is 0. The van der Waals surface area contributed by atoms with Crippen LogP contribution in [0.15, 0.2) is 6.20 Å². The summed E-state index contributed by atoms with van der Waals surface area (Å²) in [7, 11) is 3.25. The van der Waals surface area contributed by atoms with E-state index in [1.165, 1.54) is 0 Å². The highest BCUT2D eigenvalue weighted by Gasteiger charge is 2.09. The first-order valence-electron chi connectivity index (χ1n) is 6.55. The molecule has 20 heavy (non-hydrogen) atoms. The minimum Gasteiger partial charge on any atom is -0.496 e. The van der Waals surface area contributed by atoms with Gasteiger partial charge in [0.15, 0.2) is 0 Å². The summed E-state index contributed by atoms with van der Waals surface area (Å²) in [6.45, 7) is 5.74. The van der Waals surface area contributed by atoms with E-state index in [1.807, 2.05) is 13.8 Å². The maximum Gasteiger partial charge on any atom is 0.234 e. The number of hydrogen-bond donors (Lipinski definition) is 2. The Hall–Kier alpha value is -1.66. The third-order valence-electron chi connectivity index (χ3n) is 2.96. The SMILES string of the molecule is COCCNC(=O)CNCc1ncc(C)c(OC)c1C. The third-order valence-corrected chi connectivity index (χ3v) is 2.96. The smallest absolute Gasteiger partial charge is 0.234 e. The van der Waals surface area contributed by atoms with Gasteiger partial charge in [-0.05, 0) is 13.8 Å². The van der Waals surface area contributed by atoms with Crippen LogP contribution in [-0.2, 0) is 16.1 Å². The normalized spacial score (nSPS) is 10.4. The molecule has 0 atom stereocenters. The van der Waals surface area contributed by atoms with E-state index >= 15 is 0 Å². The fourth-order valence-corrected chi connectivity index (χ4v) is 1.90. The van der Waals surface area contributed by atoms with Gasteiger partial charge in [0.05, 0.1) is 26.0 Å². The van der Waals surface area contributed by atoms with Crippen molar-refractivity contribution in [1.82, 2.24) is 15.6 Å². The summed E-state index contributed by atoms with van der Waals surface area (Å²) in [6.07, 6.45) is 1.78. The molecule has 6 heteroatoms. The molecule has 0 saturated heterocycles. The Morgan fingerprint density at radius 1 is 1.35 bits per heavy atom. The Bertz CT molecular complexity index is 450. The second-order valence-corrected chi connectivity index (χ2v) is 4.49. The summed E-state index contributed by atoms with van der Waals surface area (Å²) in [5, 5.41) is 5.81. The summed E-state index contributed by atoms with van der Waals surface area (Å²) in [4.78, 5) is 15.9. The number of amides is 1. The molecule has 6 nitrogen and oxygen atoms in total. The van der Waals surface area contributed by atoms with Crippen LogP contribution >= 0.6 is 0 Å². The van der Waals surface area contributed by atoms with Crippen LogP contribution in [0.5, 0.6) is 5.75 Å². The highest BCUT2D eigenvalue weighted by Crippen LogP contribution is 2.23. The molecule has 1 rings (SSSR count). The van der Waals surface area contributed by atoms with Gasteiger partial charge in [0.25, 0.3) is 0 Å². The van der Waals surface area contributed by atoms with Crippen LogP contribution in [0, 0.1) is 13.8 Å².